The number of carbonyl (C=O) groups is 1. The summed E-state index contributed by atoms with van der Waals surface area (Å²) >= 11 is 1.15. The first-order chi connectivity index (χ1) is 8.58. The van der Waals surface area contributed by atoms with Crippen molar-refractivity contribution in [2.45, 2.75) is 46.1 Å². The van der Waals surface area contributed by atoms with Gasteiger partial charge >= 0.3 is 0 Å². The standard InChI is InChI=1S/C12H22N4OS/c1-4-5-10-11(18-16-15-10)12(17)14-9(7-13)6-8(2)3/h8-9H,4-7,13H2,1-3H3,(H,14,17). The van der Waals surface area contributed by atoms with Crippen molar-refractivity contribution in [1.29, 1.82) is 0 Å². The molecular formula is C12H22N4OS. The zero-order valence-electron chi connectivity index (χ0n) is 11.3. The maximum absolute atomic E-state index is 12.1. The van der Waals surface area contributed by atoms with Gasteiger partial charge in [0.15, 0.2) is 0 Å². The van der Waals surface area contributed by atoms with Crippen molar-refractivity contribution in [2.75, 3.05) is 6.54 Å². The lowest BCUT2D eigenvalue weighted by molar-refractivity contribution is 0.0936. The minimum absolute atomic E-state index is 0.0223. The monoisotopic (exact) mass is 270 g/mol. The van der Waals surface area contributed by atoms with E-state index in [-0.39, 0.29) is 11.9 Å². The van der Waals surface area contributed by atoms with Crippen LogP contribution in [0, 0.1) is 5.92 Å². The third-order valence-electron chi connectivity index (χ3n) is 2.62. The van der Waals surface area contributed by atoms with E-state index in [1.165, 1.54) is 0 Å². The Bertz CT molecular complexity index is 378. The lowest BCUT2D eigenvalue weighted by Gasteiger charge is -2.18. The number of hydrogen-bond acceptors (Lipinski definition) is 5. The largest absolute Gasteiger partial charge is 0.347 e. The summed E-state index contributed by atoms with van der Waals surface area (Å²) in [5.41, 5.74) is 6.47. The van der Waals surface area contributed by atoms with Crippen LogP contribution < -0.4 is 11.1 Å². The van der Waals surface area contributed by atoms with Crippen LogP contribution in [0.4, 0.5) is 0 Å². The smallest absolute Gasteiger partial charge is 0.265 e. The first kappa shape index (κ1) is 15.0. The second-order valence-corrected chi connectivity index (χ2v) is 5.59. The molecule has 0 spiro atoms. The fourth-order valence-electron chi connectivity index (χ4n) is 1.82. The van der Waals surface area contributed by atoms with Gasteiger partial charge in [0.05, 0.1) is 5.69 Å². The van der Waals surface area contributed by atoms with Gasteiger partial charge in [-0.2, -0.15) is 0 Å². The number of nitrogens with two attached hydrogens (primary N) is 1. The highest BCUT2D eigenvalue weighted by Gasteiger charge is 2.19. The van der Waals surface area contributed by atoms with E-state index in [0.717, 1.165) is 36.5 Å². The Labute approximate surface area is 112 Å². The van der Waals surface area contributed by atoms with Crippen molar-refractivity contribution in [3.63, 3.8) is 0 Å². The summed E-state index contributed by atoms with van der Waals surface area (Å²) in [6.45, 7) is 6.75. The van der Waals surface area contributed by atoms with E-state index in [0.29, 0.717) is 17.3 Å². The van der Waals surface area contributed by atoms with Crippen molar-refractivity contribution in [3.05, 3.63) is 10.6 Å². The van der Waals surface area contributed by atoms with Crippen LogP contribution in [0.3, 0.4) is 0 Å². The predicted octanol–water partition coefficient (Wildman–Crippen LogP) is 1.59. The second kappa shape index (κ2) is 7.43. The third-order valence-corrected chi connectivity index (χ3v) is 3.39. The minimum atomic E-state index is -0.0930. The molecule has 1 aromatic heterocycles. The number of nitrogens with one attached hydrogen (secondary N) is 1. The molecule has 0 fully saturated rings. The van der Waals surface area contributed by atoms with Crippen molar-refractivity contribution in [3.8, 4) is 0 Å². The molecule has 5 nitrogen and oxygen atoms in total. The van der Waals surface area contributed by atoms with E-state index in [2.05, 4.69) is 35.7 Å². The first-order valence-corrected chi connectivity index (χ1v) is 7.17. The molecule has 0 saturated heterocycles. The van der Waals surface area contributed by atoms with Crippen LogP contribution in [0.1, 0.15) is 49.0 Å². The molecule has 0 aliphatic carbocycles. The van der Waals surface area contributed by atoms with E-state index in [1.807, 2.05) is 0 Å². The summed E-state index contributed by atoms with van der Waals surface area (Å²) in [7, 11) is 0. The molecular weight excluding hydrogens is 248 g/mol. The zero-order valence-corrected chi connectivity index (χ0v) is 12.1. The predicted molar refractivity (Wildman–Crippen MR) is 73.7 cm³/mol. The summed E-state index contributed by atoms with van der Waals surface area (Å²) in [6, 6.07) is 0.0223. The van der Waals surface area contributed by atoms with E-state index in [9.17, 15) is 4.79 Å². The van der Waals surface area contributed by atoms with Crippen molar-refractivity contribution in [1.82, 2.24) is 14.9 Å². The summed E-state index contributed by atoms with van der Waals surface area (Å²) in [4.78, 5) is 12.7. The SMILES string of the molecule is CCCc1nnsc1C(=O)NC(CN)CC(C)C. The Balaban J connectivity index is 2.65. The Morgan fingerprint density at radius 3 is 2.78 bits per heavy atom. The van der Waals surface area contributed by atoms with Gasteiger partial charge in [0.2, 0.25) is 0 Å². The van der Waals surface area contributed by atoms with Gasteiger partial charge in [-0.05, 0) is 30.3 Å². The number of amides is 1. The van der Waals surface area contributed by atoms with Gasteiger partial charge in [0.25, 0.3) is 5.91 Å². The molecule has 6 heteroatoms. The fraction of sp³-hybridized carbons (Fsp3) is 0.750. The molecule has 0 saturated carbocycles. The van der Waals surface area contributed by atoms with Crippen LogP contribution in [0.5, 0.6) is 0 Å². The van der Waals surface area contributed by atoms with Gasteiger partial charge in [0, 0.05) is 12.6 Å². The lowest BCUT2D eigenvalue weighted by atomic mass is 10.0. The summed E-state index contributed by atoms with van der Waals surface area (Å²) in [5, 5.41) is 6.96. The number of rotatable bonds is 7. The zero-order chi connectivity index (χ0) is 13.5. The van der Waals surface area contributed by atoms with Gasteiger partial charge < -0.3 is 11.1 Å². The summed E-state index contributed by atoms with van der Waals surface area (Å²) in [5.74, 6) is 0.415. The molecule has 1 amide bonds. The van der Waals surface area contributed by atoms with E-state index >= 15 is 0 Å². The van der Waals surface area contributed by atoms with Gasteiger partial charge in [-0.15, -0.1) is 5.10 Å². The van der Waals surface area contributed by atoms with Crippen molar-refractivity contribution >= 4 is 17.4 Å². The molecule has 0 aliphatic heterocycles. The van der Waals surface area contributed by atoms with E-state index in [1.54, 1.807) is 0 Å². The average Bonchev–Trinajstić information content (AvgIpc) is 2.76. The average molecular weight is 270 g/mol. The Morgan fingerprint density at radius 1 is 1.50 bits per heavy atom. The van der Waals surface area contributed by atoms with E-state index < -0.39 is 0 Å². The van der Waals surface area contributed by atoms with Gasteiger partial charge in [-0.1, -0.05) is 31.7 Å². The first-order valence-electron chi connectivity index (χ1n) is 6.40. The maximum atomic E-state index is 12.1. The molecule has 0 bridgehead atoms. The molecule has 3 N–H and O–H groups in total. The second-order valence-electron chi connectivity index (χ2n) is 4.83. The number of carbonyl (C=O) groups excluding carboxylic acids is 1. The molecule has 0 aromatic carbocycles. The molecule has 1 heterocycles. The van der Waals surface area contributed by atoms with Crippen LogP contribution >= 0.6 is 11.5 Å². The number of aromatic nitrogens is 2. The van der Waals surface area contributed by atoms with Gasteiger partial charge in [-0.25, -0.2) is 0 Å². The van der Waals surface area contributed by atoms with Crippen LogP contribution in [-0.2, 0) is 6.42 Å². The van der Waals surface area contributed by atoms with Gasteiger partial charge in [0.1, 0.15) is 4.88 Å². The molecule has 18 heavy (non-hydrogen) atoms. The molecule has 1 unspecified atom stereocenters. The minimum Gasteiger partial charge on any atom is -0.347 e. The Hall–Kier alpha value is -1.01. The molecule has 0 aliphatic rings. The molecule has 1 atom stereocenters. The maximum Gasteiger partial charge on any atom is 0.265 e. The highest BCUT2D eigenvalue weighted by Crippen LogP contribution is 2.13. The number of nitrogens with zero attached hydrogens (tertiary/aromatic N) is 2. The topological polar surface area (TPSA) is 80.9 Å². The fourth-order valence-corrected chi connectivity index (χ4v) is 2.43. The van der Waals surface area contributed by atoms with Gasteiger partial charge in [-0.3, -0.25) is 4.79 Å². The normalized spacial score (nSPS) is 12.7. The Kier molecular flexibility index (Phi) is 6.21. The van der Waals surface area contributed by atoms with Crippen LogP contribution in [0.25, 0.3) is 0 Å². The highest BCUT2D eigenvalue weighted by molar-refractivity contribution is 7.08. The highest BCUT2D eigenvalue weighted by atomic mass is 32.1. The molecule has 1 aromatic rings. The molecule has 1 rings (SSSR count). The number of hydrogen-bond donors (Lipinski definition) is 2. The lowest BCUT2D eigenvalue weighted by Crippen LogP contribution is -2.41. The van der Waals surface area contributed by atoms with Crippen molar-refractivity contribution in [2.24, 2.45) is 11.7 Å². The quantitative estimate of drug-likeness (QED) is 0.788. The molecule has 102 valence electrons. The van der Waals surface area contributed by atoms with Crippen LogP contribution in [0.2, 0.25) is 0 Å². The molecule has 0 radical (unpaired) electrons. The van der Waals surface area contributed by atoms with Crippen LogP contribution in [-0.4, -0.2) is 28.1 Å². The third kappa shape index (κ3) is 4.34. The summed E-state index contributed by atoms with van der Waals surface area (Å²) in [6.07, 6.45) is 2.63. The van der Waals surface area contributed by atoms with Crippen LogP contribution in [0.15, 0.2) is 0 Å². The van der Waals surface area contributed by atoms with E-state index in [4.69, 9.17) is 5.73 Å². The summed E-state index contributed by atoms with van der Waals surface area (Å²) < 4.78 is 3.86. The van der Waals surface area contributed by atoms with Crippen molar-refractivity contribution < 1.29 is 4.79 Å². The number of aryl methyl sites for hydroxylation is 1. The Morgan fingerprint density at radius 2 is 2.22 bits per heavy atom.